The Hall–Kier alpha value is -3.42. The van der Waals surface area contributed by atoms with E-state index in [2.05, 4.69) is 0 Å². The summed E-state index contributed by atoms with van der Waals surface area (Å²) in [6.07, 6.45) is 1.19. The lowest BCUT2D eigenvalue weighted by Gasteiger charge is -2.18. The Balaban J connectivity index is 2.96. The van der Waals surface area contributed by atoms with Gasteiger partial charge in [0.1, 0.15) is 11.1 Å². The Morgan fingerprint density at radius 3 is 1.97 bits per heavy atom. The second-order valence-electron chi connectivity index (χ2n) is 6.40. The third kappa shape index (κ3) is 4.59. The van der Waals surface area contributed by atoms with Gasteiger partial charge >= 0.3 is 17.9 Å². The number of carbonyl (C=O) groups is 3. The minimum atomic E-state index is -1.02. The second-order valence-corrected chi connectivity index (χ2v) is 6.40. The number of benzene rings is 1. The van der Waals surface area contributed by atoms with Crippen LogP contribution in [0.25, 0.3) is 5.69 Å². The van der Waals surface area contributed by atoms with E-state index in [4.69, 9.17) is 14.2 Å². The van der Waals surface area contributed by atoms with Gasteiger partial charge in [-0.3, -0.25) is 4.79 Å². The van der Waals surface area contributed by atoms with Crippen LogP contribution >= 0.6 is 0 Å². The van der Waals surface area contributed by atoms with Crippen molar-refractivity contribution in [1.82, 2.24) is 4.57 Å². The first-order chi connectivity index (χ1) is 14.3. The molecule has 0 atom stereocenters. The van der Waals surface area contributed by atoms with Gasteiger partial charge in [-0.15, -0.1) is 0 Å². The van der Waals surface area contributed by atoms with E-state index >= 15 is 0 Å². The van der Waals surface area contributed by atoms with Crippen molar-refractivity contribution in [2.75, 3.05) is 19.8 Å². The average molecular weight is 415 g/mol. The van der Waals surface area contributed by atoms with Gasteiger partial charge in [-0.25, -0.2) is 14.4 Å². The quantitative estimate of drug-likeness (QED) is 0.506. The largest absolute Gasteiger partial charge is 0.462 e. The van der Waals surface area contributed by atoms with Crippen LogP contribution < -0.4 is 5.43 Å². The standard InChI is InChI=1S/C22H25NO7/c1-6-28-20(25)16-12-23(15-10-9-13(4)14(5)11-15)18(22(27)30-8-3)17(19(16)24)21(26)29-7-2/h9-12H,6-8H2,1-5H3. The number of esters is 3. The van der Waals surface area contributed by atoms with Crippen LogP contribution in [-0.4, -0.2) is 42.3 Å². The van der Waals surface area contributed by atoms with Crippen LogP contribution in [0.15, 0.2) is 29.2 Å². The molecule has 160 valence electrons. The monoisotopic (exact) mass is 415 g/mol. The Morgan fingerprint density at radius 1 is 0.833 bits per heavy atom. The van der Waals surface area contributed by atoms with Crippen molar-refractivity contribution >= 4 is 17.9 Å². The third-order valence-electron chi connectivity index (χ3n) is 4.42. The first kappa shape index (κ1) is 22.9. The highest BCUT2D eigenvalue weighted by molar-refractivity contribution is 6.04. The minimum Gasteiger partial charge on any atom is -0.462 e. The number of hydrogen-bond acceptors (Lipinski definition) is 7. The summed E-state index contributed by atoms with van der Waals surface area (Å²) in [5.74, 6) is -2.80. The highest BCUT2D eigenvalue weighted by Crippen LogP contribution is 2.20. The van der Waals surface area contributed by atoms with Crippen LogP contribution in [0, 0.1) is 13.8 Å². The normalized spacial score (nSPS) is 10.4. The fourth-order valence-electron chi connectivity index (χ4n) is 2.84. The summed E-state index contributed by atoms with van der Waals surface area (Å²) in [7, 11) is 0. The summed E-state index contributed by atoms with van der Waals surface area (Å²) in [6, 6.07) is 5.30. The zero-order chi connectivity index (χ0) is 22.4. The molecule has 0 aliphatic rings. The van der Waals surface area contributed by atoms with E-state index in [0.29, 0.717) is 5.69 Å². The molecule has 0 spiro atoms. The smallest absolute Gasteiger partial charge is 0.356 e. The lowest BCUT2D eigenvalue weighted by Crippen LogP contribution is -2.32. The summed E-state index contributed by atoms with van der Waals surface area (Å²) in [4.78, 5) is 50.8. The molecular formula is C22H25NO7. The number of pyridine rings is 1. The molecule has 0 fully saturated rings. The molecule has 8 heteroatoms. The Bertz CT molecular complexity index is 1040. The van der Waals surface area contributed by atoms with Crippen LogP contribution in [0.4, 0.5) is 0 Å². The molecule has 0 bridgehead atoms. The van der Waals surface area contributed by atoms with Gasteiger partial charge < -0.3 is 18.8 Å². The van der Waals surface area contributed by atoms with Gasteiger partial charge in [-0.05, 0) is 57.9 Å². The Labute approximate surface area is 174 Å². The van der Waals surface area contributed by atoms with Crippen molar-refractivity contribution in [3.8, 4) is 5.69 Å². The predicted octanol–water partition coefficient (Wildman–Crippen LogP) is 2.98. The maximum absolute atomic E-state index is 13.0. The Kier molecular flexibility index (Phi) is 7.52. The van der Waals surface area contributed by atoms with Crippen molar-refractivity contribution in [2.24, 2.45) is 0 Å². The zero-order valence-corrected chi connectivity index (χ0v) is 17.7. The maximum atomic E-state index is 13.0. The van der Waals surface area contributed by atoms with E-state index in [0.717, 1.165) is 11.1 Å². The molecule has 0 saturated heterocycles. The molecule has 2 aromatic rings. The number of hydrogen-bond donors (Lipinski definition) is 0. The van der Waals surface area contributed by atoms with E-state index in [1.165, 1.54) is 10.8 Å². The van der Waals surface area contributed by atoms with Gasteiger partial charge in [0.25, 0.3) is 0 Å². The maximum Gasteiger partial charge on any atom is 0.356 e. The minimum absolute atomic E-state index is 0.0200. The summed E-state index contributed by atoms with van der Waals surface area (Å²) < 4.78 is 16.3. The van der Waals surface area contributed by atoms with Gasteiger partial charge in [0, 0.05) is 11.9 Å². The number of rotatable bonds is 7. The van der Waals surface area contributed by atoms with Crippen molar-refractivity contribution in [3.63, 3.8) is 0 Å². The van der Waals surface area contributed by atoms with Crippen molar-refractivity contribution in [3.05, 3.63) is 62.6 Å². The summed E-state index contributed by atoms with van der Waals surface area (Å²) in [5, 5.41) is 0. The SMILES string of the molecule is CCOC(=O)c1cn(-c2ccc(C)c(C)c2)c(C(=O)OCC)c(C(=O)OCC)c1=O. The molecule has 1 heterocycles. The first-order valence-electron chi connectivity index (χ1n) is 9.65. The zero-order valence-electron chi connectivity index (χ0n) is 17.7. The van der Waals surface area contributed by atoms with Crippen molar-refractivity contribution in [1.29, 1.82) is 0 Å². The van der Waals surface area contributed by atoms with E-state index in [9.17, 15) is 19.2 Å². The van der Waals surface area contributed by atoms with Crippen molar-refractivity contribution in [2.45, 2.75) is 34.6 Å². The van der Waals surface area contributed by atoms with Crippen LogP contribution in [0.2, 0.25) is 0 Å². The topological polar surface area (TPSA) is 101 Å². The average Bonchev–Trinajstić information content (AvgIpc) is 2.70. The van der Waals surface area contributed by atoms with Gasteiger partial charge in [0.2, 0.25) is 5.43 Å². The fourth-order valence-corrected chi connectivity index (χ4v) is 2.84. The fraction of sp³-hybridized carbons (Fsp3) is 0.364. The number of aromatic nitrogens is 1. The van der Waals surface area contributed by atoms with Crippen LogP contribution in [0.5, 0.6) is 0 Å². The molecule has 0 aliphatic carbocycles. The van der Waals surface area contributed by atoms with E-state index in [1.807, 2.05) is 19.9 Å². The molecule has 8 nitrogen and oxygen atoms in total. The van der Waals surface area contributed by atoms with E-state index in [-0.39, 0.29) is 31.1 Å². The molecule has 1 aromatic carbocycles. The number of ether oxygens (including phenoxy) is 3. The van der Waals surface area contributed by atoms with Crippen LogP contribution in [0.1, 0.15) is 63.1 Å². The van der Waals surface area contributed by atoms with Crippen LogP contribution in [0.3, 0.4) is 0 Å². The lowest BCUT2D eigenvalue weighted by molar-refractivity contribution is 0.0465. The van der Waals surface area contributed by atoms with Gasteiger partial charge in [0.05, 0.1) is 19.8 Å². The lowest BCUT2D eigenvalue weighted by atomic mass is 10.1. The molecule has 30 heavy (non-hydrogen) atoms. The number of carbonyl (C=O) groups excluding carboxylic acids is 3. The number of nitrogens with zero attached hydrogens (tertiary/aromatic N) is 1. The van der Waals surface area contributed by atoms with Crippen molar-refractivity contribution < 1.29 is 28.6 Å². The van der Waals surface area contributed by atoms with E-state index < -0.39 is 28.9 Å². The molecule has 0 N–H and O–H groups in total. The number of aryl methyl sites for hydroxylation is 2. The van der Waals surface area contributed by atoms with Gasteiger partial charge in [0.15, 0.2) is 5.69 Å². The molecule has 0 unspecified atom stereocenters. The summed E-state index contributed by atoms with van der Waals surface area (Å²) in [5.41, 5.74) is 0.180. The molecular weight excluding hydrogens is 390 g/mol. The first-order valence-corrected chi connectivity index (χ1v) is 9.65. The molecule has 0 aliphatic heterocycles. The summed E-state index contributed by atoms with van der Waals surface area (Å²) >= 11 is 0. The second kappa shape index (κ2) is 9.87. The molecule has 0 saturated carbocycles. The molecule has 2 rings (SSSR count). The Morgan fingerprint density at radius 2 is 1.40 bits per heavy atom. The molecule has 0 radical (unpaired) electrons. The summed E-state index contributed by atoms with van der Waals surface area (Å²) in [6.45, 7) is 8.62. The van der Waals surface area contributed by atoms with Gasteiger partial charge in [-0.1, -0.05) is 6.07 Å². The highest BCUT2D eigenvalue weighted by atomic mass is 16.5. The molecule has 0 amide bonds. The van der Waals surface area contributed by atoms with Gasteiger partial charge in [-0.2, -0.15) is 0 Å². The van der Waals surface area contributed by atoms with E-state index in [1.54, 1.807) is 32.9 Å². The van der Waals surface area contributed by atoms with Crippen LogP contribution in [-0.2, 0) is 14.2 Å². The highest BCUT2D eigenvalue weighted by Gasteiger charge is 2.31. The molecule has 1 aromatic heterocycles. The third-order valence-corrected chi connectivity index (χ3v) is 4.42. The predicted molar refractivity (Wildman–Crippen MR) is 109 cm³/mol.